The zero-order chi connectivity index (χ0) is 12.3. The molecule has 0 fully saturated rings. The average Bonchev–Trinajstić information content (AvgIpc) is 2.86. The molecular formula is C13H15NO2S. The van der Waals surface area contributed by atoms with Crippen LogP contribution in [0.15, 0.2) is 29.6 Å². The molecule has 0 radical (unpaired) electrons. The van der Waals surface area contributed by atoms with Gasteiger partial charge >= 0.3 is 0 Å². The first-order valence-electron chi connectivity index (χ1n) is 5.29. The number of benzene rings is 1. The highest BCUT2D eigenvalue weighted by Crippen LogP contribution is 2.39. The maximum Gasteiger partial charge on any atom is 0.168 e. The Morgan fingerprint density at radius 2 is 2.06 bits per heavy atom. The van der Waals surface area contributed by atoms with E-state index in [9.17, 15) is 0 Å². The van der Waals surface area contributed by atoms with Crippen LogP contribution in [0.1, 0.15) is 4.88 Å². The smallest absolute Gasteiger partial charge is 0.168 e. The number of thiophene rings is 1. The molecule has 1 heterocycles. The summed E-state index contributed by atoms with van der Waals surface area (Å²) >= 11 is 1.66. The number of nitrogens with two attached hydrogens (primary N) is 1. The Labute approximate surface area is 105 Å². The Morgan fingerprint density at radius 3 is 2.65 bits per heavy atom. The molecule has 0 aliphatic carbocycles. The molecule has 0 aliphatic rings. The zero-order valence-corrected chi connectivity index (χ0v) is 10.7. The Bertz CT molecular complexity index is 508. The summed E-state index contributed by atoms with van der Waals surface area (Å²) in [4.78, 5) is 1.16. The van der Waals surface area contributed by atoms with Gasteiger partial charge in [-0.2, -0.15) is 0 Å². The largest absolute Gasteiger partial charge is 0.493 e. The van der Waals surface area contributed by atoms with E-state index in [1.165, 1.54) is 0 Å². The van der Waals surface area contributed by atoms with E-state index in [4.69, 9.17) is 15.2 Å². The fourth-order valence-electron chi connectivity index (χ4n) is 1.74. The first kappa shape index (κ1) is 12.0. The number of rotatable bonds is 4. The summed E-state index contributed by atoms with van der Waals surface area (Å²) in [5.74, 6) is 1.50. The Hall–Kier alpha value is -1.52. The molecule has 0 atom stereocenters. The molecule has 0 saturated carbocycles. The highest BCUT2D eigenvalue weighted by molar-refractivity contribution is 7.10. The number of para-hydroxylation sites is 1. The first-order chi connectivity index (χ1) is 8.30. The van der Waals surface area contributed by atoms with Crippen LogP contribution in [0.5, 0.6) is 11.5 Å². The fraction of sp³-hybridized carbons (Fsp3) is 0.231. The zero-order valence-electron chi connectivity index (χ0n) is 9.90. The molecule has 3 nitrogen and oxygen atoms in total. The lowest BCUT2D eigenvalue weighted by Crippen LogP contribution is -1.93. The van der Waals surface area contributed by atoms with E-state index in [0.717, 1.165) is 27.5 Å². The highest BCUT2D eigenvalue weighted by atomic mass is 32.1. The number of hydrogen-bond acceptors (Lipinski definition) is 4. The molecule has 90 valence electrons. The molecule has 2 rings (SSSR count). The second kappa shape index (κ2) is 5.21. The van der Waals surface area contributed by atoms with Crippen molar-refractivity contribution in [3.8, 4) is 22.6 Å². The van der Waals surface area contributed by atoms with Gasteiger partial charge in [0.1, 0.15) is 0 Å². The summed E-state index contributed by atoms with van der Waals surface area (Å²) < 4.78 is 10.7. The predicted octanol–water partition coefficient (Wildman–Crippen LogP) is 2.89. The van der Waals surface area contributed by atoms with Gasteiger partial charge in [0.2, 0.25) is 0 Å². The lowest BCUT2D eigenvalue weighted by Gasteiger charge is -2.11. The van der Waals surface area contributed by atoms with Crippen molar-refractivity contribution in [2.24, 2.45) is 5.73 Å². The quantitative estimate of drug-likeness (QED) is 0.906. The third-order valence-electron chi connectivity index (χ3n) is 2.57. The SMILES string of the molecule is COc1cccc(-c2csc(CN)c2)c1OC. The molecule has 0 unspecified atom stereocenters. The molecule has 4 heteroatoms. The summed E-state index contributed by atoms with van der Waals surface area (Å²) in [5, 5.41) is 2.08. The predicted molar refractivity (Wildman–Crippen MR) is 70.8 cm³/mol. The minimum atomic E-state index is 0.566. The molecule has 1 aromatic carbocycles. The second-order valence-corrected chi connectivity index (χ2v) is 4.54. The number of methoxy groups -OCH3 is 2. The van der Waals surface area contributed by atoms with Gasteiger partial charge in [-0.3, -0.25) is 0 Å². The number of hydrogen-bond donors (Lipinski definition) is 1. The van der Waals surface area contributed by atoms with Gasteiger partial charge in [0, 0.05) is 17.0 Å². The summed E-state index contributed by atoms with van der Waals surface area (Å²) in [6.45, 7) is 0.566. The second-order valence-electron chi connectivity index (χ2n) is 3.55. The molecule has 2 aromatic rings. The molecular weight excluding hydrogens is 234 g/mol. The van der Waals surface area contributed by atoms with Gasteiger partial charge in [-0.05, 0) is 23.1 Å². The van der Waals surface area contributed by atoms with Crippen LogP contribution >= 0.6 is 11.3 Å². The minimum Gasteiger partial charge on any atom is -0.493 e. The molecule has 2 N–H and O–H groups in total. The van der Waals surface area contributed by atoms with E-state index in [-0.39, 0.29) is 0 Å². The average molecular weight is 249 g/mol. The van der Waals surface area contributed by atoms with Crippen LogP contribution in [-0.2, 0) is 6.54 Å². The summed E-state index contributed by atoms with van der Waals surface area (Å²) in [6.07, 6.45) is 0. The first-order valence-corrected chi connectivity index (χ1v) is 6.17. The van der Waals surface area contributed by atoms with Crippen molar-refractivity contribution in [3.63, 3.8) is 0 Å². The molecule has 0 saturated heterocycles. The maximum absolute atomic E-state index is 5.62. The summed E-state index contributed by atoms with van der Waals surface area (Å²) in [5.41, 5.74) is 7.77. The van der Waals surface area contributed by atoms with Gasteiger partial charge in [-0.1, -0.05) is 12.1 Å². The van der Waals surface area contributed by atoms with Gasteiger partial charge in [-0.15, -0.1) is 11.3 Å². The van der Waals surface area contributed by atoms with Crippen molar-refractivity contribution in [2.45, 2.75) is 6.54 Å². The lowest BCUT2D eigenvalue weighted by atomic mass is 10.1. The molecule has 0 spiro atoms. The topological polar surface area (TPSA) is 44.5 Å². The van der Waals surface area contributed by atoms with E-state index in [0.29, 0.717) is 6.54 Å². The molecule has 0 bridgehead atoms. The van der Waals surface area contributed by atoms with Crippen LogP contribution in [0.3, 0.4) is 0 Å². The molecule has 0 aliphatic heterocycles. The van der Waals surface area contributed by atoms with Crippen LogP contribution in [0, 0.1) is 0 Å². The van der Waals surface area contributed by atoms with Crippen molar-refractivity contribution in [1.29, 1.82) is 0 Å². The van der Waals surface area contributed by atoms with Gasteiger partial charge in [0.25, 0.3) is 0 Å². The minimum absolute atomic E-state index is 0.566. The van der Waals surface area contributed by atoms with Gasteiger partial charge in [0.05, 0.1) is 14.2 Å². The van der Waals surface area contributed by atoms with E-state index in [1.807, 2.05) is 18.2 Å². The Balaban J connectivity index is 2.50. The maximum atomic E-state index is 5.62. The molecule has 1 aromatic heterocycles. The Kier molecular flexibility index (Phi) is 3.66. The van der Waals surface area contributed by atoms with Crippen molar-refractivity contribution in [2.75, 3.05) is 14.2 Å². The fourth-order valence-corrected chi connectivity index (χ4v) is 2.51. The number of ether oxygens (including phenoxy) is 2. The van der Waals surface area contributed by atoms with Crippen LogP contribution < -0.4 is 15.2 Å². The third kappa shape index (κ3) is 2.28. The van der Waals surface area contributed by atoms with Crippen LogP contribution in [0.2, 0.25) is 0 Å². The monoisotopic (exact) mass is 249 g/mol. The third-order valence-corrected chi connectivity index (χ3v) is 3.53. The van der Waals surface area contributed by atoms with Crippen molar-refractivity contribution in [3.05, 3.63) is 34.5 Å². The normalized spacial score (nSPS) is 10.3. The van der Waals surface area contributed by atoms with Crippen LogP contribution in [0.25, 0.3) is 11.1 Å². The van der Waals surface area contributed by atoms with Gasteiger partial charge in [0.15, 0.2) is 11.5 Å². The van der Waals surface area contributed by atoms with Crippen molar-refractivity contribution < 1.29 is 9.47 Å². The van der Waals surface area contributed by atoms with Crippen LogP contribution in [-0.4, -0.2) is 14.2 Å². The van der Waals surface area contributed by atoms with Crippen LogP contribution in [0.4, 0.5) is 0 Å². The molecule has 0 amide bonds. The summed E-state index contributed by atoms with van der Waals surface area (Å²) in [6, 6.07) is 7.95. The van der Waals surface area contributed by atoms with E-state index in [2.05, 4.69) is 11.4 Å². The summed E-state index contributed by atoms with van der Waals surface area (Å²) in [7, 11) is 3.29. The molecule has 17 heavy (non-hydrogen) atoms. The van der Waals surface area contributed by atoms with Gasteiger partial charge in [-0.25, -0.2) is 0 Å². The van der Waals surface area contributed by atoms with Crippen molar-refractivity contribution >= 4 is 11.3 Å². The standard InChI is InChI=1S/C13H15NO2S/c1-15-12-5-3-4-11(13(12)16-2)9-6-10(7-14)17-8-9/h3-6,8H,7,14H2,1-2H3. The van der Waals surface area contributed by atoms with E-state index >= 15 is 0 Å². The lowest BCUT2D eigenvalue weighted by molar-refractivity contribution is 0.356. The van der Waals surface area contributed by atoms with Gasteiger partial charge < -0.3 is 15.2 Å². The van der Waals surface area contributed by atoms with E-state index < -0.39 is 0 Å². The Morgan fingerprint density at radius 1 is 1.24 bits per heavy atom. The highest BCUT2D eigenvalue weighted by Gasteiger charge is 2.12. The van der Waals surface area contributed by atoms with E-state index in [1.54, 1.807) is 25.6 Å². The van der Waals surface area contributed by atoms with Crippen molar-refractivity contribution in [1.82, 2.24) is 0 Å².